The number of nitrogens with one attached hydrogen (secondary N) is 2. The topological polar surface area (TPSA) is 66.9 Å². The highest BCUT2D eigenvalue weighted by Gasteiger charge is 2.32. The van der Waals surface area contributed by atoms with Crippen molar-refractivity contribution in [3.63, 3.8) is 0 Å². The summed E-state index contributed by atoms with van der Waals surface area (Å²) in [6, 6.07) is 8.24. The lowest BCUT2D eigenvalue weighted by molar-refractivity contribution is -0.113. The molecule has 1 atom stereocenters. The SMILES string of the molecule is O=C1CS[C@@H](c2ccc(Br)cc2)c2c(n(C3CCCCC3)[nH]c2=O)N1. The third-order valence-electron chi connectivity index (χ3n) is 4.98. The maximum atomic E-state index is 12.8. The molecule has 2 aromatic rings. The molecule has 1 fully saturated rings. The summed E-state index contributed by atoms with van der Waals surface area (Å²) < 4.78 is 2.92. The number of carbonyl (C=O) groups is 1. The first-order valence-corrected chi connectivity index (χ1v) is 10.5. The first kappa shape index (κ1) is 17.0. The number of aromatic nitrogens is 2. The number of aromatic amines is 1. The predicted molar refractivity (Wildman–Crippen MR) is 104 cm³/mol. The molecule has 0 spiro atoms. The van der Waals surface area contributed by atoms with Crippen LogP contribution in [-0.4, -0.2) is 21.4 Å². The summed E-state index contributed by atoms with van der Waals surface area (Å²) in [5.74, 6) is 0.966. The fourth-order valence-corrected chi connectivity index (χ4v) is 5.15. The molecule has 2 heterocycles. The van der Waals surface area contributed by atoms with Crippen LogP contribution in [0.5, 0.6) is 0 Å². The van der Waals surface area contributed by atoms with Crippen molar-refractivity contribution in [3.8, 4) is 0 Å². The minimum absolute atomic E-state index is 0.0468. The summed E-state index contributed by atoms with van der Waals surface area (Å²) in [5, 5.41) is 5.85. The largest absolute Gasteiger partial charge is 0.310 e. The number of thioether (sulfide) groups is 1. The van der Waals surface area contributed by atoms with Crippen molar-refractivity contribution >= 4 is 39.4 Å². The second kappa shape index (κ2) is 7.03. The molecule has 1 aromatic heterocycles. The van der Waals surface area contributed by atoms with E-state index in [-0.39, 0.29) is 22.8 Å². The second-order valence-electron chi connectivity index (χ2n) is 6.66. The average molecular weight is 422 g/mol. The molecule has 1 saturated carbocycles. The van der Waals surface area contributed by atoms with E-state index in [2.05, 4.69) is 26.3 Å². The maximum absolute atomic E-state index is 12.8. The van der Waals surface area contributed by atoms with E-state index in [9.17, 15) is 9.59 Å². The molecule has 2 aliphatic rings. The quantitative estimate of drug-likeness (QED) is 0.762. The van der Waals surface area contributed by atoms with Crippen LogP contribution in [0.3, 0.4) is 0 Å². The second-order valence-corrected chi connectivity index (χ2v) is 8.66. The summed E-state index contributed by atoms with van der Waals surface area (Å²) in [6.45, 7) is 0. The van der Waals surface area contributed by atoms with Crippen LogP contribution >= 0.6 is 27.7 Å². The van der Waals surface area contributed by atoms with Crippen molar-refractivity contribution in [2.45, 2.75) is 43.4 Å². The number of carbonyl (C=O) groups excluding carboxylic acids is 1. The Morgan fingerprint density at radius 2 is 1.80 bits per heavy atom. The molecule has 0 saturated heterocycles. The zero-order valence-electron chi connectivity index (χ0n) is 13.8. The van der Waals surface area contributed by atoms with E-state index in [1.165, 1.54) is 31.0 Å². The third-order valence-corrected chi connectivity index (χ3v) is 6.78. The van der Waals surface area contributed by atoms with Crippen LogP contribution in [0.1, 0.15) is 54.5 Å². The van der Waals surface area contributed by atoms with Crippen molar-refractivity contribution in [3.05, 3.63) is 50.2 Å². The van der Waals surface area contributed by atoms with Gasteiger partial charge < -0.3 is 5.32 Å². The van der Waals surface area contributed by atoms with Crippen molar-refractivity contribution in [1.82, 2.24) is 9.78 Å². The Hall–Kier alpha value is -1.47. The van der Waals surface area contributed by atoms with Gasteiger partial charge in [-0.2, -0.15) is 0 Å². The fourth-order valence-electron chi connectivity index (χ4n) is 3.76. The van der Waals surface area contributed by atoms with Gasteiger partial charge in [0.1, 0.15) is 5.82 Å². The van der Waals surface area contributed by atoms with E-state index in [1.54, 1.807) is 0 Å². The van der Waals surface area contributed by atoms with Gasteiger partial charge in [-0.05, 0) is 30.5 Å². The van der Waals surface area contributed by atoms with E-state index in [0.717, 1.165) is 22.9 Å². The number of amides is 1. The van der Waals surface area contributed by atoms with E-state index in [4.69, 9.17) is 0 Å². The van der Waals surface area contributed by atoms with Gasteiger partial charge in [0.2, 0.25) is 5.91 Å². The highest BCUT2D eigenvalue weighted by molar-refractivity contribution is 9.10. The number of halogens is 1. The number of fused-ring (bicyclic) bond motifs is 1. The smallest absolute Gasteiger partial charge is 0.270 e. The van der Waals surface area contributed by atoms with Gasteiger partial charge in [-0.15, -0.1) is 11.8 Å². The number of benzene rings is 1. The van der Waals surface area contributed by atoms with Gasteiger partial charge in [-0.3, -0.25) is 19.4 Å². The molecule has 1 aliphatic carbocycles. The molecule has 0 bridgehead atoms. The zero-order valence-corrected chi connectivity index (χ0v) is 16.2. The lowest BCUT2D eigenvalue weighted by atomic mass is 9.95. The molecule has 2 N–H and O–H groups in total. The summed E-state index contributed by atoms with van der Waals surface area (Å²) in [5.41, 5.74) is 1.62. The number of rotatable bonds is 2. The number of H-pyrrole nitrogens is 1. The molecule has 25 heavy (non-hydrogen) atoms. The third kappa shape index (κ3) is 3.31. The molecule has 0 radical (unpaired) electrons. The number of nitrogens with zero attached hydrogens (tertiary/aromatic N) is 1. The van der Waals surface area contributed by atoms with Crippen molar-refractivity contribution in [2.75, 3.05) is 11.1 Å². The van der Waals surface area contributed by atoms with Crippen LogP contribution in [0.15, 0.2) is 33.5 Å². The van der Waals surface area contributed by atoms with E-state index < -0.39 is 0 Å². The van der Waals surface area contributed by atoms with Crippen LogP contribution in [0.4, 0.5) is 5.82 Å². The van der Waals surface area contributed by atoms with Crippen LogP contribution in [0, 0.1) is 0 Å². The summed E-state index contributed by atoms with van der Waals surface area (Å²) in [7, 11) is 0. The van der Waals surface area contributed by atoms with Crippen LogP contribution < -0.4 is 10.9 Å². The summed E-state index contributed by atoms with van der Waals surface area (Å²) in [4.78, 5) is 25.0. The first-order chi connectivity index (χ1) is 12.1. The minimum Gasteiger partial charge on any atom is -0.310 e. The number of hydrogen-bond acceptors (Lipinski definition) is 3. The molecule has 1 amide bonds. The Bertz CT molecular complexity index is 837. The van der Waals surface area contributed by atoms with Gasteiger partial charge in [0.05, 0.1) is 22.6 Å². The number of hydrogen-bond donors (Lipinski definition) is 2. The van der Waals surface area contributed by atoms with Crippen molar-refractivity contribution < 1.29 is 4.79 Å². The van der Waals surface area contributed by atoms with Gasteiger partial charge in [0, 0.05) is 4.47 Å². The Kier molecular flexibility index (Phi) is 4.78. The first-order valence-electron chi connectivity index (χ1n) is 8.65. The Labute approximate surface area is 158 Å². The van der Waals surface area contributed by atoms with Gasteiger partial charge in [0.15, 0.2) is 0 Å². The van der Waals surface area contributed by atoms with E-state index in [1.807, 2.05) is 28.9 Å². The van der Waals surface area contributed by atoms with Crippen LogP contribution in [-0.2, 0) is 4.79 Å². The van der Waals surface area contributed by atoms with E-state index >= 15 is 0 Å². The zero-order chi connectivity index (χ0) is 17.4. The molecular weight excluding hydrogens is 402 g/mol. The molecule has 0 unspecified atom stereocenters. The Morgan fingerprint density at radius 1 is 1.08 bits per heavy atom. The van der Waals surface area contributed by atoms with Crippen LogP contribution in [0.25, 0.3) is 0 Å². The van der Waals surface area contributed by atoms with Gasteiger partial charge in [-0.1, -0.05) is 47.3 Å². The molecule has 1 aliphatic heterocycles. The molecular formula is C18H20BrN3O2S. The van der Waals surface area contributed by atoms with Crippen molar-refractivity contribution in [1.29, 1.82) is 0 Å². The maximum Gasteiger partial charge on any atom is 0.270 e. The highest BCUT2D eigenvalue weighted by atomic mass is 79.9. The fraction of sp³-hybridized carbons (Fsp3) is 0.444. The normalized spacial score (nSPS) is 21.5. The molecule has 132 valence electrons. The lowest BCUT2D eigenvalue weighted by Crippen LogP contribution is -2.21. The summed E-state index contributed by atoms with van der Waals surface area (Å²) >= 11 is 4.96. The molecule has 5 nitrogen and oxygen atoms in total. The van der Waals surface area contributed by atoms with Crippen LogP contribution in [0.2, 0.25) is 0 Å². The minimum atomic E-state index is -0.143. The Morgan fingerprint density at radius 3 is 2.52 bits per heavy atom. The highest BCUT2D eigenvalue weighted by Crippen LogP contribution is 2.41. The molecule has 7 heteroatoms. The molecule has 1 aromatic carbocycles. The monoisotopic (exact) mass is 421 g/mol. The molecule has 4 rings (SSSR count). The summed E-state index contributed by atoms with van der Waals surface area (Å²) in [6.07, 6.45) is 5.66. The van der Waals surface area contributed by atoms with Crippen molar-refractivity contribution in [2.24, 2.45) is 0 Å². The standard InChI is InChI=1S/C18H20BrN3O2S/c19-12-8-6-11(7-9-12)16-15-17(20-14(23)10-25-16)22(21-18(15)24)13-4-2-1-3-5-13/h6-9,13,16H,1-5,10H2,(H,20,23)(H,21,24)/t16-/m0/s1. The number of anilines is 1. The van der Waals surface area contributed by atoms with Gasteiger partial charge in [0.25, 0.3) is 5.56 Å². The van der Waals surface area contributed by atoms with E-state index in [0.29, 0.717) is 17.1 Å². The Balaban J connectivity index is 1.81. The average Bonchev–Trinajstić information content (AvgIpc) is 2.83. The predicted octanol–water partition coefficient (Wildman–Crippen LogP) is 4.22. The van der Waals surface area contributed by atoms with Gasteiger partial charge in [-0.25, -0.2) is 0 Å². The van der Waals surface area contributed by atoms with Gasteiger partial charge >= 0.3 is 0 Å². The lowest BCUT2D eigenvalue weighted by Gasteiger charge is -2.24.